The number of aliphatic carboxylic acids is 1. The van der Waals surface area contributed by atoms with E-state index in [0.717, 1.165) is 77.0 Å². The smallest absolute Gasteiger partial charge is 0.306 e. The summed E-state index contributed by atoms with van der Waals surface area (Å²) >= 11 is 0. The van der Waals surface area contributed by atoms with E-state index >= 15 is 0 Å². The Labute approximate surface area is 500 Å². The summed E-state index contributed by atoms with van der Waals surface area (Å²) < 4.78 is 22.8. The maximum atomic E-state index is 12.9. The van der Waals surface area contributed by atoms with Gasteiger partial charge in [-0.15, -0.1) is 0 Å². The van der Waals surface area contributed by atoms with Gasteiger partial charge in [-0.05, 0) is 83.5 Å². The number of rotatable bonds is 63. The summed E-state index contributed by atoms with van der Waals surface area (Å²) in [6, 6.07) is 0. The molecule has 9 heteroatoms. The van der Waals surface area contributed by atoms with Gasteiger partial charge in [0.1, 0.15) is 13.2 Å². The van der Waals surface area contributed by atoms with Gasteiger partial charge in [0.25, 0.3) is 0 Å². The summed E-state index contributed by atoms with van der Waals surface area (Å²) in [6.07, 6.45) is 79.8. The molecule has 9 nitrogen and oxygen atoms in total. The third-order valence-electron chi connectivity index (χ3n) is 14.9. The fourth-order valence-corrected chi connectivity index (χ4v) is 9.74. The molecule has 0 rings (SSSR count). The Morgan fingerprint density at radius 3 is 1.06 bits per heavy atom. The first-order valence-electron chi connectivity index (χ1n) is 34.1. The molecule has 470 valence electrons. The minimum Gasteiger partial charge on any atom is -0.545 e. The Morgan fingerprint density at radius 1 is 0.383 bits per heavy atom. The molecule has 0 aliphatic rings. The third kappa shape index (κ3) is 64.1. The highest BCUT2D eigenvalue weighted by molar-refractivity contribution is 5.70. The molecule has 2 unspecified atom stereocenters. The molecule has 0 fully saturated rings. The minimum atomic E-state index is -1.62. The van der Waals surface area contributed by atoms with Gasteiger partial charge < -0.3 is 33.3 Å². The van der Waals surface area contributed by atoms with Crippen LogP contribution in [0.1, 0.15) is 309 Å². The summed E-state index contributed by atoms with van der Waals surface area (Å²) in [4.78, 5) is 37.5. The van der Waals surface area contributed by atoms with Crippen LogP contribution in [0.25, 0.3) is 0 Å². The quantitative estimate of drug-likeness (QED) is 0.0195. The maximum Gasteiger partial charge on any atom is 0.306 e. The number of quaternary nitrogens is 1. The molecular formula is C72H129NO8. The number of nitrogens with zero attached hydrogens (tertiary/aromatic N) is 1. The number of likely N-dealkylation sites (N-methyl/N-ethyl adjacent to an activating group) is 1. The lowest BCUT2D eigenvalue weighted by atomic mass is 10.0. The Morgan fingerprint density at radius 2 is 0.704 bits per heavy atom. The standard InChI is InChI=1S/C72H129NO8/c1-6-8-10-12-14-16-18-20-22-24-26-28-30-32-34-35-37-38-40-42-44-46-48-50-52-54-56-58-60-62-69(74)79-66-68(67-80-72(71(76)77)78-65-64-73(3,4)5)81-70(75)63-61-59-57-55-53-51-49-47-45-43-41-39-36-33-31-29-27-25-23-21-19-17-15-13-11-9-7-2/h9,11,15,17,21,23-24,26-27,29,33,36,68,72H,6-8,10,12-14,16,18-20,22,25,28,30-32,34-35,37-67H2,1-5H3/b11-9-,17-15-,23-21-,26-24-,29-27-,36-33-. The zero-order chi connectivity index (χ0) is 59.1. The molecular weight excluding hydrogens is 1010 g/mol. The number of carboxylic acid groups (broad SMARTS) is 1. The van der Waals surface area contributed by atoms with E-state index < -0.39 is 24.3 Å². The average molecular weight is 1140 g/mol. The molecule has 0 saturated heterocycles. The van der Waals surface area contributed by atoms with Crippen molar-refractivity contribution in [2.75, 3.05) is 47.5 Å². The monoisotopic (exact) mass is 1140 g/mol. The van der Waals surface area contributed by atoms with Gasteiger partial charge in [-0.3, -0.25) is 9.59 Å². The molecule has 0 aromatic heterocycles. The highest BCUT2D eigenvalue weighted by Crippen LogP contribution is 2.18. The van der Waals surface area contributed by atoms with Crippen molar-refractivity contribution in [1.29, 1.82) is 0 Å². The summed E-state index contributed by atoms with van der Waals surface area (Å²) in [5, 5.41) is 11.8. The van der Waals surface area contributed by atoms with Crippen LogP contribution < -0.4 is 5.11 Å². The predicted octanol–water partition coefficient (Wildman–Crippen LogP) is 19.6. The zero-order valence-corrected chi connectivity index (χ0v) is 53.7. The zero-order valence-electron chi connectivity index (χ0n) is 53.7. The second-order valence-electron chi connectivity index (χ2n) is 24.1. The predicted molar refractivity (Wildman–Crippen MR) is 343 cm³/mol. The molecule has 0 heterocycles. The van der Waals surface area contributed by atoms with Crippen LogP contribution >= 0.6 is 0 Å². The van der Waals surface area contributed by atoms with Crippen LogP contribution in [0.4, 0.5) is 0 Å². The molecule has 0 aliphatic heterocycles. The first kappa shape index (κ1) is 77.7. The summed E-state index contributed by atoms with van der Waals surface area (Å²) in [5.41, 5.74) is 0. The van der Waals surface area contributed by atoms with Crippen LogP contribution in [0, 0.1) is 0 Å². The van der Waals surface area contributed by atoms with Crippen LogP contribution in [0.5, 0.6) is 0 Å². The van der Waals surface area contributed by atoms with E-state index in [1.54, 1.807) is 0 Å². The largest absolute Gasteiger partial charge is 0.545 e. The molecule has 0 bridgehead atoms. The molecule has 0 amide bonds. The van der Waals surface area contributed by atoms with Crippen LogP contribution in [0.15, 0.2) is 72.9 Å². The number of ether oxygens (including phenoxy) is 4. The van der Waals surface area contributed by atoms with E-state index in [-0.39, 0.29) is 32.2 Å². The Hall–Kier alpha value is -3.27. The average Bonchev–Trinajstić information content (AvgIpc) is 3.44. The second-order valence-corrected chi connectivity index (χ2v) is 24.1. The number of carbonyl (C=O) groups excluding carboxylic acids is 3. The van der Waals surface area contributed by atoms with Gasteiger partial charge in [0.15, 0.2) is 12.4 Å². The molecule has 0 radical (unpaired) electrons. The minimum absolute atomic E-state index is 0.146. The molecule has 0 saturated carbocycles. The normalized spacial score (nSPS) is 13.1. The number of carboxylic acids is 1. The van der Waals surface area contributed by atoms with Crippen LogP contribution in [0.3, 0.4) is 0 Å². The van der Waals surface area contributed by atoms with E-state index in [1.807, 2.05) is 21.1 Å². The van der Waals surface area contributed by atoms with Gasteiger partial charge in [-0.1, -0.05) is 286 Å². The number of hydrogen-bond acceptors (Lipinski definition) is 8. The Balaban J connectivity index is 4.12. The fourth-order valence-electron chi connectivity index (χ4n) is 9.74. The number of carbonyl (C=O) groups is 3. The molecule has 2 atom stereocenters. The fraction of sp³-hybridized carbons (Fsp3) is 0.792. The summed E-state index contributed by atoms with van der Waals surface area (Å²) in [7, 11) is 5.93. The molecule has 0 aromatic rings. The molecule has 0 aromatic carbocycles. The van der Waals surface area contributed by atoms with E-state index in [2.05, 4.69) is 86.8 Å². The van der Waals surface area contributed by atoms with Gasteiger partial charge in [0, 0.05) is 12.8 Å². The van der Waals surface area contributed by atoms with Crippen molar-refractivity contribution in [1.82, 2.24) is 0 Å². The van der Waals surface area contributed by atoms with Crippen LogP contribution in [-0.2, 0) is 33.3 Å². The second kappa shape index (κ2) is 62.8. The topological polar surface area (TPSA) is 111 Å². The third-order valence-corrected chi connectivity index (χ3v) is 14.9. The van der Waals surface area contributed by atoms with Crippen LogP contribution in [0.2, 0.25) is 0 Å². The maximum absolute atomic E-state index is 12.9. The lowest BCUT2D eigenvalue weighted by Crippen LogP contribution is -2.44. The number of unbranched alkanes of at least 4 members (excludes halogenated alkanes) is 36. The number of allylic oxidation sites excluding steroid dienone is 12. The van der Waals surface area contributed by atoms with E-state index in [1.165, 1.54) is 199 Å². The van der Waals surface area contributed by atoms with Crippen molar-refractivity contribution >= 4 is 17.9 Å². The van der Waals surface area contributed by atoms with Crippen LogP contribution in [-0.4, -0.2) is 82.3 Å². The SMILES string of the molecule is CC/C=C\C/C=C\C/C=C\C/C=C\C/C=C\CCCCCCCCCCCCCC(=O)OC(COC(=O)CCCCCCCCCCCCCCCCCCC/C=C\CCCCCCCCCC)COC(OCC[N+](C)(C)C)C(=O)[O-]. The van der Waals surface area contributed by atoms with Crippen molar-refractivity contribution in [3.8, 4) is 0 Å². The lowest BCUT2D eigenvalue weighted by molar-refractivity contribution is -0.870. The van der Waals surface area contributed by atoms with Gasteiger partial charge in [-0.2, -0.15) is 0 Å². The van der Waals surface area contributed by atoms with E-state index in [9.17, 15) is 19.5 Å². The Kier molecular flexibility index (Phi) is 60.2. The van der Waals surface area contributed by atoms with Gasteiger partial charge >= 0.3 is 11.9 Å². The first-order chi connectivity index (χ1) is 39.6. The number of esters is 2. The van der Waals surface area contributed by atoms with Crippen molar-refractivity contribution in [3.63, 3.8) is 0 Å². The van der Waals surface area contributed by atoms with E-state index in [4.69, 9.17) is 18.9 Å². The Bertz CT molecular complexity index is 1560. The molecule has 0 N–H and O–H groups in total. The lowest BCUT2D eigenvalue weighted by Gasteiger charge is -2.26. The molecule has 0 spiro atoms. The van der Waals surface area contributed by atoms with Gasteiger partial charge in [0.2, 0.25) is 0 Å². The summed E-state index contributed by atoms with van der Waals surface area (Å²) in [5.74, 6) is -2.27. The van der Waals surface area contributed by atoms with Gasteiger partial charge in [-0.25, -0.2) is 0 Å². The van der Waals surface area contributed by atoms with Crippen molar-refractivity contribution in [3.05, 3.63) is 72.9 Å². The van der Waals surface area contributed by atoms with Crippen molar-refractivity contribution in [2.45, 2.75) is 322 Å². The highest BCUT2D eigenvalue weighted by atomic mass is 16.7. The summed E-state index contributed by atoms with van der Waals surface area (Å²) in [6.45, 7) is 4.67. The molecule has 81 heavy (non-hydrogen) atoms. The number of hydrogen-bond donors (Lipinski definition) is 0. The first-order valence-corrected chi connectivity index (χ1v) is 34.1. The van der Waals surface area contributed by atoms with E-state index in [0.29, 0.717) is 23.9 Å². The van der Waals surface area contributed by atoms with Crippen molar-refractivity contribution < 1.29 is 42.9 Å². The van der Waals surface area contributed by atoms with Crippen molar-refractivity contribution in [2.24, 2.45) is 0 Å². The van der Waals surface area contributed by atoms with Gasteiger partial charge in [0.05, 0.1) is 40.3 Å². The molecule has 0 aliphatic carbocycles. The highest BCUT2D eigenvalue weighted by Gasteiger charge is 2.22.